The topological polar surface area (TPSA) is 62.7 Å². The molecular weight excluding hydrogens is 266 g/mol. The van der Waals surface area contributed by atoms with E-state index in [0.29, 0.717) is 5.96 Å². The largest absolute Gasteiger partial charge is 0.459 e. The van der Waals surface area contributed by atoms with Crippen LogP contribution in [0, 0.1) is 0 Å². The molecule has 0 saturated heterocycles. The van der Waals surface area contributed by atoms with Crippen molar-refractivity contribution in [1.29, 1.82) is 0 Å². The summed E-state index contributed by atoms with van der Waals surface area (Å²) in [4.78, 5) is 15.8. The lowest BCUT2D eigenvalue weighted by atomic mass is 10.1. The Hall–Kier alpha value is -2.04. The monoisotopic (exact) mass is 291 g/mol. The summed E-state index contributed by atoms with van der Waals surface area (Å²) < 4.78 is 5.24. The summed E-state index contributed by atoms with van der Waals surface area (Å²) in [6.07, 6.45) is 0. The zero-order chi connectivity index (χ0) is 15.9. The van der Waals surface area contributed by atoms with Gasteiger partial charge in [0, 0.05) is 7.05 Å². The fraction of sp³-hybridized carbons (Fsp3) is 0.500. The van der Waals surface area contributed by atoms with Gasteiger partial charge in [-0.15, -0.1) is 0 Å². The molecule has 0 fully saturated rings. The molecule has 0 spiro atoms. The van der Waals surface area contributed by atoms with Crippen molar-refractivity contribution < 1.29 is 9.53 Å². The summed E-state index contributed by atoms with van der Waals surface area (Å²) in [5.74, 6) is 0.259. The van der Waals surface area contributed by atoms with Gasteiger partial charge in [0.1, 0.15) is 12.1 Å². The molecule has 0 aliphatic rings. The van der Waals surface area contributed by atoms with Crippen LogP contribution in [0.3, 0.4) is 0 Å². The third kappa shape index (κ3) is 6.79. The number of hydrogen-bond donors (Lipinski definition) is 2. The molecule has 1 aromatic carbocycles. The quantitative estimate of drug-likeness (QED) is 0.507. The van der Waals surface area contributed by atoms with Crippen LogP contribution in [0.4, 0.5) is 0 Å². The Bertz CT molecular complexity index is 478. The van der Waals surface area contributed by atoms with E-state index in [1.807, 2.05) is 58.0 Å². The number of aliphatic imine (C=N–C) groups is 1. The molecule has 1 unspecified atom stereocenters. The molecule has 0 aliphatic heterocycles. The molecule has 0 bridgehead atoms. The standard InChI is InChI=1S/C16H25N3O2/c1-12(13-9-7-6-8-10-13)19-15(17-5)18-11-14(20)21-16(2,3)4/h6-10,12H,11H2,1-5H3,(H2,17,18,19). The predicted molar refractivity (Wildman–Crippen MR) is 85.2 cm³/mol. The smallest absolute Gasteiger partial charge is 0.325 e. The lowest BCUT2D eigenvalue weighted by Gasteiger charge is -2.21. The second kappa shape index (κ2) is 7.67. The van der Waals surface area contributed by atoms with Crippen molar-refractivity contribution >= 4 is 11.9 Å². The highest BCUT2D eigenvalue weighted by atomic mass is 16.6. The minimum atomic E-state index is -0.479. The highest BCUT2D eigenvalue weighted by molar-refractivity contribution is 5.84. The third-order valence-electron chi connectivity index (χ3n) is 2.70. The fourth-order valence-electron chi connectivity index (χ4n) is 1.76. The maximum atomic E-state index is 11.7. The zero-order valence-corrected chi connectivity index (χ0v) is 13.4. The van der Waals surface area contributed by atoms with E-state index in [4.69, 9.17) is 4.74 Å². The number of benzene rings is 1. The van der Waals surface area contributed by atoms with Crippen molar-refractivity contribution in [2.45, 2.75) is 39.3 Å². The van der Waals surface area contributed by atoms with Crippen LogP contribution >= 0.6 is 0 Å². The molecule has 5 nitrogen and oxygen atoms in total. The molecule has 0 amide bonds. The van der Waals surface area contributed by atoms with Crippen LogP contribution in [-0.4, -0.2) is 31.1 Å². The number of hydrogen-bond acceptors (Lipinski definition) is 3. The maximum Gasteiger partial charge on any atom is 0.325 e. The summed E-state index contributed by atoms with van der Waals surface area (Å²) >= 11 is 0. The van der Waals surface area contributed by atoms with Crippen molar-refractivity contribution in [3.8, 4) is 0 Å². The average Bonchev–Trinajstić information content (AvgIpc) is 2.42. The SMILES string of the molecule is CN=C(NCC(=O)OC(C)(C)C)NC(C)c1ccccc1. The number of carbonyl (C=O) groups is 1. The van der Waals surface area contributed by atoms with E-state index >= 15 is 0 Å². The van der Waals surface area contributed by atoms with Crippen LogP contribution in [-0.2, 0) is 9.53 Å². The number of rotatable bonds is 4. The number of nitrogens with zero attached hydrogens (tertiary/aromatic N) is 1. The normalized spacial score (nSPS) is 13.5. The summed E-state index contributed by atoms with van der Waals surface area (Å²) in [5.41, 5.74) is 0.672. The summed E-state index contributed by atoms with van der Waals surface area (Å²) in [7, 11) is 1.67. The van der Waals surface area contributed by atoms with Crippen LogP contribution in [0.2, 0.25) is 0 Å². The molecule has 0 heterocycles. The molecule has 1 atom stereocenters. The number of guanidine groups is 1. The van der Waals surface area contributed by atoms with Gasteiger partial charge in [-0.3, -0.25) is 9.79 Å². The van der Waals surface area contributed by atoms with Gasteiger partial charge < -0.3 is 15.4 Å². The van der Waals surface area contributed by atoms with Crippen LogP contribution in [0.1, 0.15) is 39.3 Å². The van der Waals surface area contributed by atoms with E-state index in [1.54, 1.807) is 7.05 Å². The Kier molecular flexibility index (Phi) is 6.21. The molecule has 0 saturated carbocycles. The summed E-state index contributed by atoms with van der Waals surface area (Å²) in [5, 5.41) is 6.19. The first-order chi connectivity index (χ1) is 9.81. The molecule has 1 aromatic rings. The number of carbonyl (C=O) groups excluding carboxylic acids is 1. The van der Waals surface area contributed by atoms with Crippen LogP contribution < -0.4 is 10.6 Å². The van der Waals surface area contributed by atoms with E-state index in [1.165, 1.54) is 0 Å². The van der Waals surface area contributed by atoms with E-state index in [2.05, 4.69) is 15.6 Å². The van der Waals surface area contributed by atoms with E-state index < -0.39 is 5.60 Å². The van der Waals surface area contributed by atoms with Gasteiger partial charge >= 0.3 is 5.97 Å². The van der Waals surface area contributed by atoms with E-state index in [9.17, 15) is 4.79 Å². The van der Waals surface area contributed by atoms with Crippen molar-refractivity contribution in [2.24, 2.45) is 4.99 Å². The lowest BCUT2D eigenvalue weighted by molar-refractivity contribution is -0.153. The molecule has 1 rings (SSSR count). The third-order valence-corrected chi connectivity index (χ3v) is 2.70. The van der Waals surface area contributed by atoms with E-state index in [0.717, 1.165) is 5.56 Å². The number of ether oxygens (including phenoxy) is 1. The number of esters is 1. The average molecular weight is 291 g/mol. The van der Waals surface area contributed by atoms with Crippen LogP contribution in [0.25, 0.3) is 0 Å². The van der Waals surface area contributed by atoms with Gasteiger partial charge in [-0.05, 0) is 33.3 Å². The van der Waals surface area contributed by atoms with Crippen molar-refractivity contribution in [3.63, 3.8) is 0 Å². The Balaban J connectivity index is 2.48. The first-order valence-corrected chi connectivity index (χ1v) is 7.06. The Morgan fingerprint density at radius 3 is 2.43 bits per heavy atom. The predicted octanol–water partition coefficient (Wildman–Crippen LogP) is 2.25. The van der Waals surface area contributed by atoms with Gasteiger partial charge in [-0.25, -0.2) is 0 Å². The van der Waals surface area contributed by atoms with Crippen molar-refractivity contribution in [1.82, 2.24) is 10.6 Å². The summed E-state index contributed by atoms with van der Waals surface area (Å²) in [6, 6.07) is 10.1. The summed E-state index contributed by atoms with van der Waals surface area (Å²) in [6.45, 7) is 7.65. The highest BCUT2D eigenvalue weighted by Gasteiger charge is 2.16. The molecule has 5 heteroatoms. The minimum absolute atomic E-state index is 0.0818. The fourth-order valence-corrected chi connectivity index (χ4v) is 1.76. The number of nitrogens with one attached hydrogen (secondary N) is 2. The lowest BCUT2D eigenvalue weighted by Crippen LogP contribution is -2.42. The molecule has 0 aromatic heterocycles. The van der Waals surface area contributed by atoms with Gasteiger partial charge in [-0.1, -0.05) is 30.3 Å². The minimum Gasteiger partial charge on any atom is -0.459 e. The second-order valence-electron chi connectivity index (χ2n) is 5.79. The first kappa shape index (κ1) is 17.0. The van der Waals surface area contributed by atoms with Gasteiger partial charge in [0.05, 0.1) is 6.04 Å². The Morgan fingerprint density at radius 2 is 1.90 bits per heavy atom. The highest BCUT2D eigenvalue weighted by Crippen LogP contribution is 2.10. The van der Waals surface area contributed by atoms with Gasteiger partial charge in [-0.2, -0.15) is 0 Å². The van der Waals surface area contributed by atoms with Crippen LogP contribution in [0.5, 0.6) is 0 Å². The molecule has 21 heavy (non-hydrogen) atoms. The molecule has 2 N–H and O–H groups in total. The zero-order valence-electron chi connectivity index (χ0n) is 13.4. The van der Waals surface area contributed by atoms with Crippen LogP contribution in [0.15, 0.2) is 35.3 Å². The second-order valence-corrected chi connectivity index (χ2v) is 5.79. The first-order valence-electron chi connectivity index (χ1n) is 7.06. The maximum absolute atomic E-state index is 11.7. The van der Waals surface area contributed by atoms with Gasteiger partial charge in [0.15, 0.2) is 5.96 Å². The van der Waals surface area contributed by atoms with E-state index in [-0.39, 0.29) is 18.6 Å². The molecule has 0 radical (unpaired) electrons. The van der Waals surface area contributed by atoms with Gasteiger partial charge in [0.2, 0.25) is 0 Å². The Morgan fingerprint density at radius 1 is 1.29 bits per heavy atom. The molecular formula is C16H25N3O2. The van der Waals surface area contributed by atoms with Crippen molar-refractivity contribution in [3.05, 3.63) is 35.9 Å². The van der Waals surface area contributed by atoms with Gasteiger partial charge in [0.25, 0.3) is 0 Å². The Labute approximate surface area is 126 Å². The molecule has 0 aliphatic carbocycles. The molecule has 116 valence electrons. The van der Waals surface area contributed by atoms with Crippen molar-refractivity contribution in [2.75, 3.05) is 13.6 Å².